The van der Waals surface area contributed by atoms with Crippen molar-refractivity contribution < 1.29 is 14.3 Å². The van der Waals surface area contributed by atoms with Gasteiger partial charge in [-0.15, -0.1) is 0 Å². The van der Waals surface area contributed by atoms with Crippen molar-refractivity contribution in [1.29, 1.82) is 0 Å². The van der Waals surface area contributed by atoms with Crippen LogP contribution in [-0.4, -0.2) is 48.4 Å². The highest BCUT2D eigenvalue weighted by atomic mass is 32.2. The number of benzene rings is 1. The van der Waals surface area contributed by atoms with Crippen LogP contribution in [0.1, 0.15) is 31.4 Å². The van der Waals surface area contributed by atoms with Gasteiger partial charge in [0, 0.05) is 24.8 Å². The summed E-state index contributed by atoms with van der Waals surface area (Å²) in [4.78, 5) is 28.9. The summed E-state index contributed by atoms with van der Waals surface area (Å²) in [6.45, 7) is 9.22. The summed E-state index contributed by atoms with van der Waals surface area (Å²) in [6.07, 6.45) is 2.60. The van der Waals surface area contributed by atoms with Crippen molar-refractivity contribution in [3.63, 3.8) is 0 Å². The van der Waals surface area contributed by atoms with E-state index < -0.39 is 0 Å². The summed E-state index contributed by atoms with van der Waals surface area (Å²) in [7, 11) is 0. The predicted molar refractivity (Wildman–Crippen MR) is 102 cm³/mol. The van der Waals surface area contributed by atoms with Gasteiger partial charge in [-0.3, -0.25) is 14.5 Å². The van der Waals surface area contributed by atoms with Gasteiger partial charge >= 0.3 is 0 Å². The first-order valence-electron chi connectivity index (χ1n) is 8.71. The first-order valence-corrected chi connectivity index (χ1v) is 9.53. The van der Waals surface area contributed by atoms with E-state index in [9.17, 15) is 9.59 Å². The zero-order valence-electron chi connectivity index (χ0n) is 14.9. The molecular formula is C19H24N2O3S. The molecule has 0 bridgehead atoms. The number of morpholine rings is 1. The van der Waals surface area contributed by atoms with Crippen LogP contribution in [0.5, 0.6) is 0 Å². The van der Waals surface area contributed by atoms with Crippen molar-refractivity contribution in [3.05, 3.63) is 34.2 Å². The second-order valence-corrected chi connectivity index (χ2v) is 7.44. The number of hydrogen-bond donors (Lipinski definition) is 0. The zero-order valence-corrected chi connectivity index (χ0v) is 15.8. The van der Waals surface area contributed by atoms with Crippen molar-refractivity contribution in [3.8, 4) is 0 Å². The lowest BCUT2D eigenvalue weighted by atomic mass is 10.1. The Hall–Kier alpha value is -1.79. The van der Waals surface area contributed by atoms with Gasteiger partial charge in [-0.2, -0.15) is 0 Å². The van der Waals surface area contributed by atoms with Crippen LogP contribution in [0.4, 0.5) is 10.5 Å². The lowest BCUT2D eigenvalue weighted by Crippen LogP contribution is -2.36. The summed E-state index contributed by atoms with van der Waals surface area (Å²) < 4.78 is 5.40. The van der Waals surface area contributed by atoms with Gasteiger partial charge in [0.1, 0.15) is 0 Å². The van der Waals surface area contributed by atoms with Gasteiger partial charge in [-0.05, 0) is 61.4 Å². The van der Waals surface area contributed by atoms with Crippen LogP contribution < -0.4 is 4.90 Å². The molecule has 1 unspecified atom stereocenters. The van der Waals surface area contributed by atoms with E-state index in [-0.39, 0.29) is 17.2 Å². The molecule has 2 amide bonds. The number of thioether (sulfide) groups is 1. The standard InChI is InChI=1S/C19H24N2O3S/c1-4-14(3)21-18(22)17(25-19(21)23)12-15-5-6-16(11-13(15)2)20-7-9-24-10-8-20/h5-6,11-12,14H,4,7-10H2,1-3H3. The van der Waals surface area contributed by atoms with Gasteiger partial charge in [-0.25, -0.2) is 0 Å². The number of nitrogens with zero attached hydrogens (tertiary/aromatic N) is 2. The van der Waals surface area contributed by atoms with E-state index >= 15 is 0 Å². The largest absolute Gasteiger partial charge is 0.378 e. The topological polar surface area (TPSA) is 49.9 Å². The van der Waals surface area contributed by atoms with Crippen molar-refractivity contribution in [1.82, 2.24) is 4.90 Å². The van der Waals surface area contributed by atoms with E-state index in [2.05, 4.69) is 17.0 Å². The number of ether oxygens (including phenoxy) is 1. The molecule has 0 saturated carbocycles. The van der Waals surface area contributed by atoms with Crippen LogP contribution in [0, 0.1) is 6.92 Å². The van der Waals surface area contributed by atoms with Gasteiger partial charge in [0.15, 0.2) is 0 Å². The molecule has 1 aromatic rings. The monoisotopic (exact) mass is 360 g/mol. The molecule has 1 aromatic carbocycles. The van der Waals surface area contributed by atoms with Crippen molar-refractivity contribution in [2.75, 3.05) is 31.2 Å². The number of amides is 2. The molecule has 3 rings (SSSR count). The van der Waals surface area contributed by atoms with Crippen LogP contribution in [0.3, 0.4) is 0 Å². The number of carbonyl (C=O) groups is 2. The molecule has 134 valence electrons. The number of aryl methyl sites for hydroxylation is 1. The lowest BCUT2D eigenvalue weighted by Gasteiger charge is -2.29. The maximum absolute atomic E-state index is 12.5. The minimum absolute atomic E-state index is 0.0665. The molecule has 5 nitrogen and oxygen atoms in total. The number of imide groups is 1. The van der Waals surface area contributed by atoms with Gasteiger partial charge in [-0.1, -0.05) is 13.0 Å². The molecular weight excluding hydrogens is 336 g/mol. The molecule has 0 N–H and O–H groups in total. The Morgan fingerprint density at radius 3 is 2.64 bits per heavy atom. The summed E-state index contributed by atoms with van der Waals surface area (Å²) >= 11 is 1.03. The molecule has 1 atom stereocenters. The van der Waals surface area contributed by atoms with E-state index in [0.29, 0.717) is 4.91 Å². The Balaban J connectivity index is 1.81. The fourth-order valence-corrected chi connectivity index (χ4v) is 3.94. The van der Waals surface area contributed by atoms with Crippen molar-refractivity contribution >= 4 is 34.7 Å². The average Bonchev–Trinajstić information content (AvgIpc) is 2.90. The van der Waals surface area contributed by atoms with E-state index in [1.165, 1.54) is 10.6 Å². The predicted octanol–water partition coefficient (Wildman–Crippen LogP) is 3.67. The van der Waals surface area contributed by atoms with E-state index in [1.54, 1.807) is 0 Å². The maximum atomic E-state index is 12.5. The molecule has 2 heterocycles. The Kier molecular flexibility index (Phi) is 5.49. The smallest absolute Gasteiger partial charge is 0.293 e. The van der Waals surface area contributed by atoms with E-state index in [1.807, 2.05) is 32.9 Å². The number of rotatable bonds is 4. The Morgan fingerprint density at radius 1 is 1.28 bits per heavy atom. The Labute approximate surface area is 153 Å². The molecule has 6 heteroatoms. The quantitative estimate of drug-likeness (QED) is 0.767. The average molecular weight is 360 g/mol. The third-order valence-electron chi connectivity index (χ3n) is 4.77. The van der Waals surface area contributed by atoms with Gasteiger partial charge in [0.05, 0.1) is 18.1 Å². The number of hydrogen-bond acceptors (Lipinski definition) is 5. The molecule has 0 spiro atoms. The molecule has 25 heavy (non-hydrogen) atoms. The van der Waals surface area contributed by atoms with Crippen LogP contribution in [-0.2, 0) is 9.53 Å². The normalized spacial score (nSPS) is 21.3. The third-order valence-corrected chi connectivity index (χ3v) is 5.66. The Morgan fingerprint density at radius 2 is 2.00 bits per heavy atom. The van der Waals surface area contributed by atoms with Crippen molar-refractivity contribution in [2.45, 2.75) is 33.2 Å². The fourth-order valence-electron chi connectivity index (χ4n) is 3.02. The SMILES string of the molecule is CCC(C)N1C(=O)SC(=Cc2ccc(N3CCOCC3)cc2C)C1=O. The highest BCUT2D eigenvalue weighted by Crippen LogP contribution is 2.35. The first-order chi connectivity index (χ1) is 12.0. The van der Waals surface area contributed by atoms with Crippen LogP contribution in [0.15, 0.2) is 23.1 Å². The van der Waals surface area contributed by atoms with Crippen LogP contribution in [0.25, 0.3) is 6.08 Å². The highest BCUT2D eigenvalue weighted by molar-refractivity contribution is 8.18. The van der Waals surface area contributed by atoms with Crippen LogP contribution >= 0.6 is 11.8 Å². The fraction of sp³-hybridized carbons (Fsp3) is 0.474. The molecule has 0 aromatic heterocycles. The van der Waals surface area contributed by atoms with E-state index in [0.717, 1.165) is 55.6 Å². The number of anilines is 1. The second-order valence-electron chi connectivity index (χ2n) is 6.45. The van der Waals surface area contributed by atoms with Gasteiger partial charge < -0.3 is 9.64 Å². The molecule has 2 fully saturated rings. The molecule has 0 aliphatic carbocycles. The van der Waals surface area contributed by atoms with Gasteiger partial charge in [0.25, 0.3) is 11.1 Å². The highest BCUT2D eigenvalue weighted by Gasteiger charge is 2.37. The summed E-state index contributed by atoms with van der Waals surface area (Å²) in [6, 6.07) is 6.17. The first kappa shape index (κ1) is 18.0. The third kappa shape index (κ3) is 3.75. The maximum Gasteiger partial charge on any atom is 0.293 e. The van der Waals surface area contributed by atoms with Gasteiger partial charge in [0.2, 0.25) is 0 Å². The zero-order chi connectivity index (χ0) is 18.0. The lowest BCUT2D eigenvalue weighted by molar-refractivity contribution is -0.124. The molecule has 0 radical (unpaired) electrons. The minimum Gasteiger partial charge on any atom is -0.378 e. The Bertz CT molecular complexity index is 711. The summed E-state index contributed by atoms with van der Waals surface area (Å²) in [5.41, 5.74) is 3.25. The van der Waals surface area contributed by atoms with E-state index in [4.69, 9.17) is 4.74 Å². The molecule has 2 aliphatic heterocycles. The summed E-state index contributed by atoms with van der Waals surface area (Å²) in [5, 5.41) is -0.173. The number of carbonyl (C=O) groups excluding carboxylic acids is 2. The van der Waals surface area contributed by atoms with Crippen LogP contribution in [0.2, 0.25) is 0 Å². The second kappa shape index (κ2) is 7.62. The summed E-state index contributed by atoms with van der Waals surface area (Å²) in [5.74, 6) is -0.180. The molecule has 2 aliphatic rings. The van der Waals surface area contributed by atoms with Crippen molar-refractivity contribution in [2.24, 2.45) is 0 Å². The minimum atomic E-state index is -0.180. The molecule has 2 saturated heterocycles.